The van der Waals surface area contributed by atoms with Gasteiger partial charge in [0.2, 0.25) is 5.91 Å². The largest absolute Gasteiger partial charge is 0.354 e. The number of carbonyl (C=O) groups excluding carboxylic acids is 1. The molecule has 1 aromatic rings. The van der Waals surface area contributed by atoms with E-state index in [1.807, 2.05) is 0 Å². The summed E-state index contributed by atoms with van der Waals surface area (Å²) in [6.45, 7) is 6.99. The summed E-state index contributed by atoms with van der Waals surface area (Å²) in [7, 11) is 0. The second kappa shape index (κ2) is 9.60. The van der Waals surface area contributed by atoms with Gasteiger partial charge in [-0.3, -0.25) is 9.69 Å². The molecule has 2 N–H and O–H groups in total. The van der Waals surface area contributed by atoms with Gasteiger partial charge in [0.25, 0.3) is 0 Å². The van der Waals surface area contributed by atoms with E-state index in [1.54, 1.807) is 0 Å². The molecule has 4 nitrogen and oxygen atoms in total. The molecule has 152 valence electrons. The topological polar surface area (TPSA) is 44.4 Å². The van der Waals surface area contributed by atoms with Crippen molar-refractivity contribution in [3.63, 3.8) is 0 Å². The SMILES string of the molecule is CC(CNC(=O)[C@@]12CCCC[C@H]1CNC2)N1CCc2ccccc2C1.Cl.Cl. The van der Waals surface area contributed by atoms with Crippen molar-refractivity contribution in [2.75, 3.05) is 26.2 Å². The fourth-order valence-corrected chi connectivity index (χ4v) is 5.13. The number of carbonyl (C=O) groups is 1. The van der Waals surface area contributed by atoms with E-state index in [0.717, 1.165) is 45.6 Å². The number of nitrogens with one attached hydrogen (secondary N) is 2. The number of halogens is 2. The Morgan fingerprint density at radius 1 is 1.30 bits per heavy atom. The van der Waals surface area contributed by atoms with Crippen molar-refractivity contribution in [1.29, 1.82) is 0 Å². The van der Waals surface area contributed by atoms with Crippen molar-refractivity contribution < 1.29 is 4.79 Å². The molecule has 3 atom stereocenters. The quantitative estimate of drug-likeness (QED) is 0.796. The lowest BCUT2D eigenvalue weighted by atomic mass is 9.67. The Morgan fingerprint density at radius 2 is 2.07 bits per heavy atom. The van der Waals surface area contributed by atoms with E-state index in [4.69, 9.17) is 0 Å². The third-order valence-corrected chi connectivity index (χ3v) is 6.83. The predicted molar refractivity (Wildman–Crippen MR) is 115 cm³/mol. The fourth-order valence-electron chi connectivity index (χ4n) is 5.13. The molecule has 1 aliphatic carbocycles. The second-order valence-electron chi connectivity index (χ2n) is 8.28. The lowest BCUT2D eigenvalue weighted by Crippen LogP contribution is -2.51. The van der Waals surface area contributed by atoms with Crippen molar-refractivity contribution in [1.82, 2.24) is 15.5 Å². The first-order valence-corrected chi connectivity index (χ1v) is 9.99. The van der Waals surface area contributed by atoms with Gasteiger partial charge in [-0.15, -0.1) is 24.8 Å². The second-order valence-corrected chi connectivity index (χ2v) is 8.28. The van der Waals surface area contributed by atoms with E-state index in [1.165, 1.54) is 30.4 Å². The van der Waals surface area contributed by atoms with Crippen LogP contribution in [0, 0.1) is 11.3 Å². The van der Waals surface area contributed by atoms with Gasteiger partial charge >= 0.3 is 0 Å². The lowest BCUT2D eigenvalue weighted by Gasteiger charge is -2.38. The summed E-state index contributed by atoms with van der Waals surface area (Å²) in [5.74, 6) is 0.838. The van der Waals surface area contributed by atoms with Crippen molar-refractivity contribution in [3.05, 3.63) is 35.4 Å². The van der Waals surface area contributed by atoms with E-state index < -0.39 is 0 Å². The Bertz CT molecular complexity index is 642. The monoisotopic (exact) mass is 413 g/mol. The molecule has 27 heavy (non-hydrogen) atoms. The average molecular weight is 414 g/mol. The third kappa shape index (κ3) is 4.45. The number of nitrogens with zero attached hydrogens (tertiary/aromatic N) is 1. The van der Waals surface area contributed by atoms with Gasteiger partial charge in [-0.25, -0.2) is 0 Å². The maximum absolute atomic E-state index is 13.0. The molecule has 1 saturated carbocycles. The zero-order valence-corrected chi connectivity index (χ0v) is 17.8. The van der Waals surface area contributed by atoms with Crippen molar-refractivity contribution in [3.8, 4) is 0 Å². The predicted octanol–water partition coefficient (Wildman–Crippen LogP) is 3.17. The molecule has 4 rings (SSSR count). The molecule has 0 bridgehead atoms. The molecule has 1 saturated heterocycles. The Kier molecular flexibility index (Phi) is 7.99. The molecule has 2 heterocycles. The Labute approximate surface area is 175 Å². The minimum atomic E-state index is -0.132. The molecule has 1 unspecified atom stereocenters. The Balaban J connectivity index is 0.00000131. The number of rotatable bonds is 4. The number of amides is 1. The van der Waals surface area contributed by atoms with E-state index in [9.17, 15) is 4.79 Å². The van der Waals surface area contributed by atoms with Crippen LogP contribution in [-0.4, -0.2) is 43.0 Å². The molecule has 6 heteroatoms. The standard InChI is InChI=1S/C21H31N3O.2ClH/c1-16(24-11-9-17-6-2-3-7-18(17)14-24)12-23-20(25)21-10-5-4-8-19(21)13-22-15-21;;/h2-3,6-7,16,19,22H,4-5,8-15H2,1H3,(H,23,25);2*1H/t16?,19-,21+;;/m0../s1. The lowest BCUT2D eigenvalue weighted by molar-refractivity contribution is -0.134. The van der Waals surface area contributed by atoms with Gasteiger partial charge in [-0.1, -0.05) is 37.1 Å². The first kappa shape index (κ1) is 22.5. The number of hydrogen-bond donors (Lipinski definition) is 2. The number of fused-ring (bicyclic) bond motifs is 2. The van der Waals surface area contributed by atoms with Crippen molar-refractivity contribution in [2.45, 2.75) is 51.6 Å². The summed E-state index contributed by atoms with van der Waals surface area (Å²) in [4.78, 5) is 15.5. The van der Waals surface area contributed by atoms with E-state index in [0.29, 0.717) is 17.9 Å². The first-order chi connectivity index (χ1) is 12.2. The minimum absolute atomic E-state index is 0. The third-order valence-electron chi connectivity index (χ3n) is 6.83. The maximum Gasteiger partial charge on any atom is 0.227 e. The molecular weight excluding hydrogens is 381 g/mol. The number of hydrogen-bond acceptors (Lipinski definition) is 3. The van der Waals surface area contributed by atoms with Crippen LogP contribution in [0.3, 0.4) is 0 Å². The summed E-state index contributed by atoms with van der Waals surface area (Å²) < 4.78 is 0. The Hall–Kier alpha value is -0.810. The molecule has 2 aliphatic heterocycles. The average Bonchev–Trinajstić information content (AvgIpc) is 3.10. The molecule has 0 radical (unpaired) electrons. The van der Waals surface area contributed by atoms with Gasteiger partial charge in [-0.05, 0) is 49.8 Å². The van der Waals surface area contributed by atoms with Gasteiger partial charge in [0, 0.05) is 32.2 Å². The summed E-state index contributed by atoms with van der Waals surface area (Å²) in [6, 6.07) is 9.12. The van der Waals surface area contributed by atoms with Crippen LogP contribution < -0.4 is 10.6 Å². The van der Waals surface area contributed by atoms with Crippen LogP contribution in [0.1, 0.15) is 43.7 Å². The smallest absolute Gasteiger partial charge is 0.227 e. The molecule has 1 amide bonds. The van der Waals surface area contributed by atoms with Gasteiger partial charge in [0.1, 0.15) is 0 Å². The summed E-state index contributed by atoms with van der Waals surface area (Å²) >= 11 is 0. The molecular formula is C21H33Cl2N3O. The van der Waals surface area contributed by atoms with Crippen molar-refractivity contribution >= 4 is 30.7 Å². The zero-order chi connectivity index (χ0) is 17.3. The van der Waals surface area contributed by atoms with Crippen molar-refractivity contribution in [2.24, 2.45) is 11.3 Å². The molecule has 0 spiro atoms. The van der Waals surface area contributed by atoms with Gasteiger partial charge in [0.15, 0.2) is 0 Å². The van der Waals surface area contributed by atoms with Crippen LogP contribution in [-0.2, 0) is 17.8 Å². The van der Waals surface area contributed by atoms with E-state index >= 15 is 0 Å². The van der Waals surface area contributed by atoms with Gasteiger partial charge in [-0.2, -0.15) is 0 Å². The first-order valence-electron chi connectivity index (χ1n) is 9.99. The highest BCUT2D eigenvalue weighted by Gasteiger charge is 2.49. The zero-order valence-electron chi connectivity index (χ0n) is 16.2. The van der Waals surface area contributed by atoms with Crippen LogP contribution in [0.15, 0.2) is 24.3 Å². The Morgan fingerprint density at radius 3 is 2.89 bits per heavy atom. The normalized spacial score (nSPS) is 28.1. The van der Waals surface area contributed by atoms with Gasteiger partial charge < -0.3 is 10.6 Å². The van der Waals surface area contributed by atoms with Crippen LogP contribution in [0.2, 0.25) is 0 Å². The highest BCUT2D eigenvalue weighted by Crippen LogP contribution is 2.43. The summed E-state index contributed by atoms with van der Waals surface area (Å²) in [5.41, 5.74) is 2.79. The minimum Gasteiger partial charge on any atom is -0.354 e. The van der Waals surface area contributed by atoms with Crippen LogP contribution >= 0.6 is 24.8 Å². The molecule has 0 aromatic heterocycles. The van der Waals surface area contributed by atoms with E-state index in [-0.39, 0.29) is 30.2 Å². The highest BCUT2D eigenvalue weighted by molar-refractivity contribution is 5.85. The maximum atomic E-state index is 13.0. The summed E-state index contributed by atoms with van der Waals surface area (Å²) in [6.07, 6.45) is 5.86. The highest BCUT2D eigenvalue weighted by atomic mass is 35.5. The fraction of sp³-hybridized carbons (Fsp3) is 0.667. The van der Waals surface area contributed by atoms with Crippen LogP contribution in [0.4, 0.5) is 0 Å². The molecule has 2 fully saturated rings. The number of benzene rings is 1. The van der Waals surface area contributed by atoms with Crippen LogP contribution in [0.5, 0.6) is 0 Å². The van der Waals surface area contributed by atoms with Gasteiger partial charge in [0.05, 0.1) is 5.41 Å². The summed E-state index contributed by atoms with van der Waals surface area (Å²) in [5, 5.41) is 6.79. The molecule has 1 aromatic carbocycles. The van der Waals surface area contributed by atoms with E-state index in [2.05, 4.69) is 46.7 Å². The molecule has 3 aliphatic rings. The van der Waals surface area contributed by atoms with Crippen LogP contribution in [0.25, 0.3) is 0 Å².